The molecule has 40 heavy (non-hydrogen) atoms. The molecule has 0 aliphatic rings. The van der Waals surface area contributed by atoms with E-state index >= 15 is 0 Å². The van der Waals surface area contributed by atoms with Crippen molar-refractivity contribution in [1.82, 2.24) is 14.5 Å². The molecule has 0 aliphatic carbocycles. The first-order chi connectivity index (χ1) is 19.2. The fourth-order valence-electron chi connectivity index (χ4n) is 5.13. The van der Waals surface area contributed by atoms with E-state index < -0.39 is 17.4 Å². The maximum atomic E-state index is 14.3. The molecule has 5 rings (SSSR count). The molecule has 8 heteroatoms. The SMILES string of the molecule is Cc1ccc(Cn2c(C(C(C)C)N(CCN)C(=O)c3ccc(C)cc3)nc3c(oc4ccc(F)cc43)c2=O)cc1. The number of hydrogen-bond acceptors (Lipinski definition) is 5. The van der Waals surface area contributed by atoms with Gasteiger partial charge < -0.3 is 15.1 Å². The van der Waals surface area contributed by atoms with Gasteiger partial charge in [-0.25, -0.2) is 9.37 Å². The second kappa shape index (κ2) is 11.1. The number of nitrogens with two attached hydrogens (primary N) is 1. The van der Waals surface area contributed by atoms with Gasteiger partial charge in [-0.3, -0.25) is 14.2 Å². The topological polar surface area (TPSA) is 94.4 Å². The summed E-state index contributed by atoms with van der Waals surface area (Å²) in [4.78, 5) is 34.6. The quantitative estimate of drug-likeness (QED) is 0.271. The van der Waals surface area contributed by atoms with Crippen LogP contribution in [0.25, 0.3) is 22.1 Å². The van der Waals surface area contributed by atoms with Crippen molar-refractivity contribution in [3.8, 4) is 0 Å². The molecule has 0 saturated carbocycles. The molecule has 5 aromatic rings. The number of nitrogens with zero attached hydrogens (tertiary/aromatic N) is 3. The molecule has 206 valence electrons. The summed E-state index contributed by atoms with van der Waals surface area (Å²) in [5, 5.41) is 0.411. The highest BCUT2D eigenvalue weighted by atomic mass is 19.1. The first-order valence-corrected chi connectivity index (χ1v) is 13.4. The van der Waals surface area contributed by atoms with Crippen molar-refractivity contribution in [2.75, 3.05) is 13.1 Å². The van der Waals surface area contributed by atoms with Crippen molar-refractivity contribution >= 4 is 28.0 Å². The highest BCUT2D eigenvalue weighted by Gasteiger charge is 2.33. The number of aryl methyl sites for hydroxylation is 2. The summed E-state index contributed by atoms with van der Waals surface area (Å²) in [6, 6.07) is 18.8. The minimum Gasteiger partial charge on any atom is -0.448 e. The third-order valence-corrected chi connectivity index (χ3v) is 7.19. The average Bonchev–Trinajstić information content (AvgIpc) is 3.29. The number of furan rings is 1. The van der Waals surface area contributed by atoms with Gasteiger partial charge in [-0.2, -0.15) is 0 Å². The summed E-state index contributed by atoms with van der Waals surface area (Å²) in [5.74, 6) is -0.399. The number of fused-ring (bicyclic) bond motifs is 3. The zero-order valence-corrected chi connectivity index (χ0v) is 23.1. The van der Waals surface area contributed by atoms with Crippen molar-refractivity contribution in [2.24, 2.45) is 11.7 Å². The van der Waals surface area contributed by atoms with Gasteiger partial charge in [0.25, 0.3) is 11.5 Å². The molecule has 1 atom stereocenters. The molecule has 3 aromatic carbocycles. The van der Waals surface area contributed by atoms with Crippen molar-refractivity contribution < 1.29 is 13.6 Å². The Labute approximate surface area is 232 Å². The van der Waals surface area contributed by atoms with Crippen LogP contribution in [0.2, 0.25) is 0 Å². The first kappa shape index (κ1) is 27.3. The third-order valence-electron chi connectivity index (χ3n) is 7.19. The first-order valence-electron chi connectivity index (χ1n) is 13.4. The number of amides is 1. The van der Waals surface area contributed by atoms with Crippen molar-refractivity contribution in [3.63, 3.8) is 0 Å². The molecule has 1 unspecified atom stereocenters. The number of carbonyl (C=O) groups is 1. The van der Waals surface area contributed by atoms with E-state index in [0.717, 1.165) is 16.7 Å². The summed E-state index contributed by atoms with van der Waals surface area (Å²) >= 11 is 0. The lowest BCUT2D eigenvalue weighted by molar-refractivity contribution is 0.0612. The molecule has 2 N–H and O–H groups in total. The number of rotatable bonds is 8. The standard InChI is InChI=1S/C32H33FN4O3/c1-19(2)28(36(16-15-34)31(38)23-11-7-21(4)8-12-23)30-35-27-25-17-24(33)13-14-26(25)40-29(27)32(39)37(30)18-22-9-5-20(3)6-10-22/h5-14,17,19,28H,15-16,18,34H2,1-4H3. The van der Waals surface area contributed by atoms with Crippen LogP contribution in [-0.2, 0) is 6.54 Å². The Hall–Kier alpha value is -4.30. The molecule has 0 spiro atoms. The van der Waals surface area contributed by atoms with Gasteiger partial charge in [0.1, 0.15) is 22.7 Å². The zero-order valence-electron chi connectivity index (χ0n) is 23.1. The van der Waals surface area contributed by atoms with Crippen LogP contribution in [0.3, 0.4) is 0 Å². The van der Waals surface area contributed by atoms with E-state index in [0.29, 0.717) is 22.4 Å². The number of aromatic nitrogens is 2. The van der Waals surface area contributed by atoms with Crippen LogP contribution in [0.15, 0.2) is 75.9 Å². The Bertz CT molecular complexity index is 1740. The van der Waals surface area contributed by atoms with Crippen LogP contribution >= 0.6 is 0 Å². The van der Waals surface area contributed by atoms with Gasteiger partial charge in [0.05, 0.1) is 12.6 Å². The summed E-state index contributed by atoms with van der Waals surface area (Å²) in [6.45, 7) is 8.64. The van der Waals surface area contributed by atoms with Gasteiger partial charge in [0.15, 0.2) is 0 Å². The molecule has 1 amide bonds. The Morgan fingerprint density at radius 3 is 2.30 bits per heavy atom. The van der Waals surface area contributed by atoms with E-state index in [9.17, 15) is 14.0 Å². The fraction of sp³-hybridized carbons (Fsp3) is 0.281. The van der Waals surface area contributed by atoms with Gasteiger partial charge in [0, 0.05) is 24.0 Å². The van der Waals surface area contributed by atoms with Crippen molar-refractivity contribution in [1.29, 1.82) is 0 Å². The van der Waals surface area contributed by atoms with Gasteiger partial charge >= 0.3 is 0 Å². The van der Waals surface area contributed by atoms with E-state index in [4.69, 9.17) is 15.1 Å². The average molecular weight is 541 g/mol. The molecule has 2 aromatic heterocycles. The van der Waals surface area contributed by atoms with Gasteiger partial charge in [0.2, 0.25) is 5.58 Å². The minimum absolute atomic E-state index is 0.0502. The second-order valence-electron chi connectivity index (χ2n) is 10.6. The number of benzene rings is 3. The van der Waals surface area contributed by atoms with E-state index in [2.05, 4.69) is 0 Å². The summed E-state index contributed by atoms with van der Waals surface area (Å²) in [6.07, 6.45) is 0. The van der Waals surface area contributed by atoms with Crippen LogP contribution in [0.4, 0.5) is 4.39 Å². The third kappa shape index (κ3) is 5.14. The van der Waals surface area contributed by atoms with Crippen LogP contribution < -0.4 is 11.3 Å². The molecule has 0 bridgehead atoms. The predicted molar refractivity (Wildman–Crippen MR) is 155 cm³/mol. The molecule has 0 aliphatic heterocycles. The Balaban J connectivity index is 1.76. The number of hydrogen-bond donors (Lipinski definition) is 1. The van der Waals surface area contributed by atoms with Gasteiger partial charge in [-0.15, -0.1) is 0 Å². The Morgan fingerprint density at radius 1 is 1.02 bits per heavy atom. The van der Waals surface area contributed by atoms with E-state index in [1.54, 1.807) is 21.6 Å². The Morgan fingerprint density at radius 2 is 1.68 bits per heavy atom. The van der Waals surface area contributed by atoms with Crippen LogP contribution in [0, 0.1) is 25.6 Å². The molecule has 0 fully saturated rings. The zero-order chi connectivity index (χ0) is 28.6. The molecule has 2 heterocycles. The molecule has 7 nitrogen and oxygen atoms in total. The molecule has 0 radical (unpaired) electrons. The number of halogens is 1. The monoisotopic (exact) mass is 540 g/mol. The molecule has 0 saturated heterocycles. The van der Waals surface area contributed by atoms with Crippen LogP contribution in [-0.4, -0.2) is 33.4 Å². The molecular formula is C32H33FN4O3. The summed E-state index contributed by atoms with van der Waals surface area (Å²) < 4.78 is 21.7. The van der Waals surface area contributed by atoms with Gasteiger partial charge in [-0.05, 0) is 55.7 Å². The maximum Gasteiger partial charge on any atom is 0.297 e. The largest absolute Gasteiger partial charge is 0.448 e. The van der Waals surface area contributed by atoms with E-state index in [1.165, 1.54) is 18.2 Å². The van der Waals surface area contributed by atoms with Gasteiger partial charge in [-0.1, -0.05) is 61.4 Å². The summed E-state index contributed by atoms with van der Waals surface area (Å²) in [7, 11) is 0. The Kier molecular flexibility index (Phi) is 7.54. The highest BCUT2D eigenvalue weighted by Crippen LogP contribution is 2.32. The van der Waals surface area contributed by atoms with Crippen LogP contribution in [0.5, 0.6) is 0 Å². The lowest BCUT2D eigenvalue weighted by atomic mass is 9.99. The van der Waals surface area contributed by atoms with Crippen molar-refractivity contribution in [2.45, 2.75) is 40.3 Å². The summed E-state index contributed by atoms with van der Waals surface area (Å²) in [5.41, 5.74) is 9.88. The fourth-order valence-corrected chi connectivity index (χ4v) is 5.13. The van der Waals surface area contributed by atoms with E-state index in [1.807, 2.05) is 64.1 Å². The maximum absolute atomic E-state index is 14.3. The molecular weight excluding hydrogens is 507 g/mol. The predicted octanol–water partition coefficient (Wildman–Crippen LogP) is 5.75. The lowest BCUT2D eigenvalue weighted by Gasteiger charge is -2.35. The number of carbonyl (C=O) groups excluding carboxylic acids is 1. The highest BCUT2D eigenvalue weighted by molar-refractivity contribution is 6.02. The second-order valence-corrected chi connectivity index (χ2v) is 10.6. The van der Waals surface area contributed by atoms with Crippen molar-refractivity contribution in [3.05, 3.63) is 111 Å². The smallest absolute Gasteiger partial charge is 0.297 e. The van der Waals surface area contributed by atoms with Crippen LogP contribution in [0.1, 0.15) is 52.8 Å². The normalized spacial score (nSPS) is 12.4. The van der Waals surface area contributed by atoms with E-state index in [-0.39, 0.29) is 42.6 Å². The minimum atomic E-state index is -0.599. The lowest BCUT2D eigenvalue weighted by Crippen LogP contribution is -2.43.